The average molecular weight is 559 g/mol. The molecule has 1 atom stereocenters. The SMILES string of the molecule is CC(C)C(=O)SCC(=O)CCC[C@H](NC(=O)OC(C)(C)C)C(=O)Nc1ccc2c(c1)OCC=C2C(F)(F)F. The number of ketones is 1. The van der Waals surface area contributed by atoms with E-state index in [1.165, 1.54) is 18.2 Å². The molecular weight excluding hydrogens is 525 g/mol. The third kappa shape index (κ3) is 10.0. The molecule has 0 bridgehead atoms. The van der Waals surface area contributed by atoms with Crippen LogP contribution in [0.3, 0.4) is 0 Å². The van der Waals surface area contributed by atoms with Gasteiger partial charge in [-0.2, -0.15) is 13.2 Å². The van der Waals surface area contributed by atoms with Crippen molar-refractivity contribution in [2.24, 2.45) is 5.92 Å². The molecule has 1 aromatic carbocycles. The molecule has 0 aromatic heterocycles. The quantitative estimate of drug-likeness (QED) is 0.390. The molecule has 1 aliphatic rings. The topological polar surface area (TPSA) is 111 Å². The van der Waals surface area contributed by atoms with Crippen LogP contribution in [0.4, 0.5) is 23.7 Å². The first-order valence-corrected chi connectivity index (χ1v) is 13.1. The van der Waals surface area contributed by atoms with Crippen molar-refractivity contribution in [3.63, 3.8) is 0 Å². The van der Waals surface area contributed by atoms with Crippen LogP contribution in [0.2, 0.25) is 0 Å². The molecule has 0 spiro atoms. The van der Waals surface area contributed by atoms with E-state index >= 15 is 0 Å². The number of fused-ring (bicyclic) bond motifs is 1. The van der Waals surface area contributed by atoms with Crippen molar-refractivity contribution in [2.75, 3.05) is 17.7 Å². The van der Waals surface area contributed by atoms with E-state index in [4.69, 9.17) is 9.47 Å². The number of anilines is 1. The number of amides is 2. The number of alkyl halides is 3. The second kappa shape index (κ2) is 13.2. The minimum atomic E-state index is -4.55. The number of thioether (sulfide) groups is 1. The van der Waals surface area contributed by atoms with Crippen LogP contribution in [0, 0.1) is 5.92 Å². The van der Waals surface area contributed by atoms with Gasteiger partial charge in [0.05, 0.1) is 11.3 Å². The normalized spacial score (nSPS) is 14.1. The van der Waals surface area contributed by atoms with E-state index < -0.39 is 35.4 Å². The standard InChI is InChI=1S/C26H33F3N2O6S/c1-15(2)23(34)38-14-17(32)7-6-8-20(31-24(35)37-25(3,4)5)22(33)30-16-9-10-18-19(26(27,28)29)11-12-36-21(18)13-16/h9-11,13,15,20H,6-8,12,14H2,1-5H3,(H,30,33)(H,31,35)/t20-/m0/s1. The van der Waals surface area contributed by atoms with Gasteiger partial charge in [0.2, 0.25) is 5.91 Å². The Balaban J connectivity index is 2.08. The number of benzene rings is 1. The number of allylic oxidation sites excluding steroid dienone is 1. The minimum Gasteiger partial charge on any atom is -0.489 e. The first kappa shape index (κ1) is 31.2. The Morgan fingerprint density at radius 1 is 1.13 bits per heavy atom. The van der Waals surface area contributed by atoms with Gasteiger partial charge in [-0.1, -0.05) is 25.6 Å². The third-order valence-electron chi connectivity index (χ3n) is 5.17. The Labute approximate surface area is 224 Å². The van der Waals surface area contributed by atoms with Crippen LogP contribution in [0.25, 0.3) is 5.57 Å². The highest BCUT2D eigenvalue weighted by Crippen LogP contribution is 2.41. The molecule has 8 nitrogen and oxygen atoms in total. The highest BCUT2D eigenvalue weighted by atomic mass is 32.2. The molecule has 0 saturated heterocycles. The van der Waals surface area contributed by atoms with Crippen molar-refractivity contribution in [3.8, 4) is 5.75 Å². The predicted molar refractivity (Wildman–Crippen MR) is 139 cm³/mol. The number of nitrogens with one attached hydrogen (secondary N) is 2. The molecular formula is C26H33F3N2O6S. The molecule has 0 aliphatic carbocycles. The number of hydrogen-bond donors (Lipinski definition) is 2. The Morgan fingerprint density at radius 3 is 2.42 bits per heavy atom. The van der Waals surface area contributed by atoms with Crippen molar-refractivity contribution in [1.29, 1.82) is 0 Å². The van der Waals surface area contributed by atoms with E-state index in [0.717, 1.165) is 17.8 Å². The molecule has 38 heavy (non-hydrogen) atoms. The van der Waals surface area contributed by atoms with Gasteiger partial charge in [0.15, 0.2) is 5.12 Å². The lowest BCUT2D eigenvalue weighted by Crippen LogP contribution is -2.45. The zero-order chi connectivity index (χ0) is 28.7. The van der Waals surface area contributed by atoms with Crippen LogP contribution in [-0.2, 0) is 19.1 Å². The Morgan fingerprint density at radius 2 is 1.82 bits per heavy atom. The maximum Gasteiger partial charge on any atom is 0.416 e. The van der Waals surface area contributed by atoms with Crippen LogP contribution >= 0.6 is 11.8 Å². The summed E-state index contributed by atoms with van der Waals surface area (Å²) in [6.07, 6.45) is -4.02. The highest BCUT2D eigenvalue weighted by molar-refractivity contribution is 8.14. The van der Waals surface area contributed by atoms with Gasteiger partial charge >= 0.3 is 12.3 Å². The monoisotopic (exact) mass is 558 g/mol. The molecule has 2 N–H and O–H groups in total. The van der Waals surface area contributed by atoms with E-state index in [2.05, 4.69) is 10.6 Å². The minimum absolute atomic E-state index is 0.0247. The molecule has 0 unspecified atom stereocenters. The second-order valence-electron chi connectivity index (χ2n) is 10.0. The van der Waals surface area contributed by atoms with E-state index in [9.17, 15) is 32.3 Å². The number of carbonyl (C=O) groups excluding carboxylic acids is 4. The summed E-state index contributed by atoms with van der Waals surface area (Å²) < 4.78 is 50.4. The summed E-state index contributed by atoms with van der Waals surface area (Å²) >= 11 is 0.946. The smallest absolute Gasteiger partial charge is 0.416 e. The first-order valence-electron chi connectivity index (χ1n) is 12.1. The summed E-state index contributed by atoms with van der Waals surface area (Å²) in [5, 5.41) is 4.98. The molecule has 0 saturated carbocycles. The number of hydrogen-bond acceptors (Lipinski definition) is 7. The van der Waals surface area contributed by atoms with Crippen LogP contribution < -0.4 is 15.4 Å². The molecule has 1 aromatic rings. The maximum absolute atomic E-state index is 13.3. The number of ether oxygens (including phenoxy) is 2. The summed E-state index contributed by atoms with van der Waals surface area (Å²) in [6.45, 7) is 8.20. The van der Waals surface area contributed by atoms with Crippen molar-refractivity contribution in [3.05, 3.63) is 29.8 Å². The van der Waals surface area contributed by atoms with Gasteiger partial charge in [0.25, 0.3) is 0 Å². The van der Waals surface area contributed by atoms with Gasteiger partial charge in [0.1, 0.15) is 29.8 Å². The number of Topliss-reactive ketones (excluding diaryl/α,β-unsaturated/α-hetero) is 1. The molecule has 2 rings (SSSR count). The van der Waals surface area contributed by atoms with Gasteiger partial charge in [-0.15, -0.1) is 0 Å². The number of carbonyl (C=O) groups is 4. The molecule has 1 heterocycles. The summed E-state index contributed by atoms with van der Waals surface area (Å²) in [6, 6.07) is 2.70. The molecule has 0 fully saturated rings. The first-order chi connectivity index (χ1) is 17.6. The lowest BCUT2D eigenvalue weighted by molar-refractivity contribution is -0.119. The fourth-order valence-corrected chi connectivity index (χ4v) is 4.16. The van der Waals surface area contributed by atoms with E-state index in [1.807, 2.05) is 0 Å². The fraction of sp³-hybridized carbons (Fsp3) is 0.538. The van der Waals surface area contributed by atoms with Gasteiger partial charge < -0.3 is 20.1 Å². The van der Waals surface area contributed by atoms with E-state index in [0.29, 0.717) is 0 Å². The van der Waals surface area contributed by atoms with Crippen LogP contribution in [0.15, 0.2) is 24.3 Å². The van der Waals surface area contributed by atoms with Gasteiger partial charge in [0, 0.05) is 29.7 Å². The number of rotatable bonds is 10. The zero-order valence-electron chi connectivity index (χ0n) is 22.0. The summed E-state index contributed by atoms with van der Waals surface area (Å²) in [4.78, 5) is 49.2. The molecule has 210 valence electrons. The zero-order valence-corrected chi connectivity index (χ0v) is 22.8. The summed E-state index contributed by atoms with van der Waals surface area (Å²) in [5.41, 5.74) is -1.61. The van der Waals surface area contributed by atoms with Gasteiger partial charge in [-0.3, -0.25) is 14.4 Å². The van der Waals surface area contributed by atoms with Crippen LogP contribution in [0.1, 0.15) is 59.4 Å². The largest absolute Gasteiger partial charge is 0.489 e. The van der Waals surface area contributed by atoms with Crippen molar-refractivity contribution in [2.45, 2.75) is 71.7 Å². The maximum atomic E-state index is 13.3. The fourth-order valence-electron chi connectivity index (χ4n) is 3.38. The Kier molecular flexibility index (Phi) is 10.8. The van der Waals surface area contributed by atoms with E-state index in [-0.39, 0.29) is 65.4 Å². The van der Waals surface area contributed by atoms with Gasteiger partial charge in [-0.05, 0) is 51.8 Å². The van der Waals surface area contributed by atoms with Crippen molar-refractivity contribution >= 4 is 45.9 Å². The highest BCUT2D eigenvalue weighted by Gasteiger charge is 2.37. The Bertz CT molecular complexity index is 1080. The van der Waals surface area contributed by atoms with Crippen LogP contribution in [-0.4, -0.2) is 53.1 Å². The average Bonchev–Trinajstić information content (AvgIpc) is 2.79. The number of halogens is 3. The summed E-state index contributed by atoms with van der Waals surface area (Å²) in [7, 11) is 0. The van der Waals surface area contributed by atoms with Crippen molar-refractivity contribution < 1.29 is 41.8 Å². The summed E-state index contributed by atoms with van der Waals surface area (Å²) in [5.74, 6) is -1.01. The molecule has 2 amide bonds. The lowest BCUT2D eigenvalue weighted by atomic mass is 10.0. The predicted octanol–water partition coefficient (Wildman–Crippen LogP) is 5.51. The molecule has 0 radical (unpaired) electrons. The molecule has 1 aliphatic heterocycles. The van der Waals surface area contributed by atoms with Gasteiger partial charge in [-0.25, -0.2) is 4.79 Å². The Hall–Kier alpha value is -3.02. The third-order valence-corrected chi connectivity index (χ3v) is 6.40. The lowest BCUT2D eigenvalue weighted by Gasteiger charge is -2.24. The van der Waals surface area contributed by atoms with Crippen molar-refractivity contribution in [1.82, 2.24) is 5.32 Å². The van der Waals surface area contributed by atoms with E-state index in [1.54, 1.807) is 34.6 Å². The number of alkyl carbamates (subject to hydrolysis) is 1. The second-order valence-corrected chi connectivity index (χ2v) is 11.0. The molecule has 12 heteroatoms. The van der Waals surface area contributed by atoms with Crippen LogP contribution in [0.5, 0.6) is 5.75 Å².